The van der Waals surface area contributed by atoms with E-state index in [2.05, 4.69) is 12.1 Å². The van der Waals surface area contributed by atoms with E-state index in [0.29, 0.717) is 6.61 Å². The van der Waals surface area contributed by atoms with Crippen molar-refractivity contribution < 1.29 is 4.74 Å². The Kier molecular flexibility index (Phi) is 4.95. The van der Waals surface area contributed by atoms with Crippen LogP contribution in [0.5, 0.6) is 5.75 Å². The first-order valence-electron chi connectivity index (χ1n) is 8.01. The highest BCUT2D eigenvalue weighted by atomic mass is 32.2. The number of para-hydroxylation sites is 2. The Morgan fingerprint density at radius 3 is 2.56 bits per heavy atom. The molecule has 2 heterocycles. The number of hydrogen-bond acceptors (Lipinski definition) is 5. The first-order valence-corrected chi connectivity index (χ1v) is 9.88. The average Bonchev–Trinajstić information content (AvgIpc) is 3.20. The van der Waals surface area contributed by atoms with Gasteiger partial charge in [0.2, 0.25) is 0 Å². The maximum Gasteiger partial charge on any atom is 0.171 e. The van der Waals surface area contributed by atoms with E-state index in [9.17, 15) is 0 Å². The standard InChI is InChI=1S/C20H16N2OS2/c1-2-7-15(8-3-1)23-12-14-25-20-16-9-4-5-10-17(16)21-19(22-20)18-11-6-13-24-18/h1-11,13H,12,14H2. The zero-order valence-electron chi connectivity index (χ0n) is 13.5. The number of thioether (sulfide) groups is 1. The molecule has 0 N–H and O–H groups in total. The van der Waals surface area contributed by atoms with Gasteiger partial charge in [-0.05, 0) is 29.6 Å². The third-order valence-electron chi connectivity index (χ3n) is 3.64. The summed E-state index contributed by atoms with van der Waals surface area (Å²) in [5.74, 6) is 2.52. The van der Waals surface area contributed by atoms with Crippen molar-refractivity contribution in [3.63, 3.8) is 0 Å². The van der Waals surface area contributed by atoms with Crippen LogP contribution in [0.25, 0.3) is 21.6 Å². The van der Waals surface area contributed by atoms with Gasteiger partial charge in [-0.3, -0.25) is 0 Å². The quantitative estimate of drug-likeness (QED) is 0.256. The molecule has 124 valence electrons. The van der Waals surface area contributed by atoms with Crippen molar-refractivity contribution in [3.8, 4) is 16.5 Å². The number of aromatic nitrogens is 2. The lowest BCUT2D eigenvalue weighted by atomic mass is 10.2. The summed E-state index contributed by atoms with van der Waals surface area (Å²) in [5, 5.41) is 4.15. The fourth-order valence-electron chi connectivity index (χ4n) is 2.49. The van der Waals surface area contributed by atoms with Gasteiger partial charge in [-0.2, -0.15) is 0 Å². The second-order valence-electron chi connectivity index (χ2n) is 5.36. The molecule has 0 bridgehead atoms. The molecule has 0 saturated heterocycles. The number of benzene rings is 2. The first kappa shape index (κ1) is 16.1. The van der Waals surface area contributed by atoms with Crippen LogP contribution in [-0.2, 0) is 0 Å². The summed E-state index contributed by atoms with van der Waals surface area (Å²) in [4.78, 5) is 10.6. The van der Waals surface area contributed by atoms with Gasteiger partial charge in [-0.25, -0.2) is 9.97 Å². The molecule has 0 amide bonds. The Hall–Kier alpha value is -2.37. The molecule has 0 unspecified atom stereocenters. The SMILES string of the molecule is c1ccc(OCCSc2nc(-c3cccs3)nc3ccccc23)cc1. The maximum absolute atomic E-state index is 5.78. The van der Waals surface area contributed by atoms with E-state index in [1.54, 1.807) is 23.1 Å². The monoisotopic (exact) mass is 364 g/mol. The van der Waals surface area contributed by atoms with Crippen LogP contribution in [0, 0.1) is 0 Å². The van der Waals surface area contributed by atoms with E-state index >= 15 is 0 Å². The number of rotatable bonds is 6. The van der Waals surface area contributed by atoms with Gasteiger partial charge in [0.25, 0.3) is 0 Å². The summed E-state index contributed by atoms with van der Waals surface area (Å²) in [6.45, 7) is 0.640. The summed E-state index contributed by atoms with van der Waals surface area (Å²) >= 11 is 3.37. The predicted octanol–water partition coefficient (Wildman–Crippen LogP) is 5.53. The zero-order chi connectivity index (χ0) is 16.9. The number of hydrogen-bond donors (Lipinski definition) is 0. The van der Waals surface area contributed by atoms with Crippen LogP contribution in [0.1, 0.15) is 0 Å². The van der Waals surface area contributed by atoms with E-state index in [1.165, 1.54) is 0 Å². The Morgan fingerprint density at radius 2 is 1.72 bits per heavy atom. The van der Waals surface area contributed by atoms with E-state index in [-0.39, 0.29) is 0 Å². The summed E-state index contributed by atoms with van der Waals surface area (Å²) in [7, 11) is 0. The highest BCUT2D eigenvalue weighted by molar-refractivity contribution is 7.99. The van der Waals surface area contributed by atoms with Gasteiger partial charge in [0, 0.05) is 11.1 Å². The van der Waals surface area contributed by atoms with Crippen LogP contribution in [0.3, 0.4) is 0 Å². The van der Waals surface area contributed by atoms with Gasteiger partial charge in [-0.1, -0.05) is 42.5 Å². The molecule has 25 heavy (non-hydrogen) atoms. The van der Waals surface area contributed by atoms with Crippen molar-refractivity contribution in [3.05, 3.63) is 72.1 Å². The zero-order valence-corrected chi connectivity index (χ0v) is 15.1. The van der Waals surface area contributed by atoms with Crippen molar-refractivity contribution in [1.29, 1.82) is 0 Å². The third-order valence-corrected chi connectivity index (χ3v) is 5.47. The molecular formula is C20H16N2OS2. The highest BCUT2D eigenvalue weighted by Crippen LogP contribution is 2.30. The lowest BCUT2D eigenvalue weighted by molar-refractivity contribution is 0.344. The minimum absolute atomic E-state index is 0.640. The largest absolute Gasteiger partial charge is 0.493 e. The lowest BCUT2D eigenvalue weighted by Gasteiger charge is -2.09. The van der Waals surface area contributed by atoms with E-state index in [1.807, 2.05) is 60.0 Å². The van der Waals surface area contributed by atoms with Gasteiger partial charge >= 0.3 is 0 Å². The molecule has 0 fully saturated rings. The Balaban J connectivity index is 1.53. The van der Waals surface area contributed by atoms with Crippen molar-refractivity contribution in [2.45, 2.75) is 5.03 Å². The van der Waals surface area contributed by atoms with Gasteiger partial charge in [-0.15, -0.1) is 23.1 Å². The minimum atomic E-state index is 0.640. The molecule has 3 nitrogen and oxygen atoms in total. The summed E-state index contributed by atoms with van der Waals surface area (Å²) in [5.41, 5.74) is 0.979. The second-order valence-corrected chi connectivity index (χ2v) is 7.39. The highest BCUT2D eigenvalue weighted by Gasteiger charge is 2.10. The van der Waals surface area contributed by atoms with Crippen molar-refractivity contribution in [2.24, 2.45) is 0 Å². The molecule has 0 aliphatic heterocycles. The van der Waals surface area contributed by atoms with Crippen LogP contribution in [-0.4, -0.2) is 22.3 Å². The fourth-order valence-corrected chi connectivity index (χ4v) is 3.98. The van der Waals surface area contributed by atoms with Crippen LogP contribution in [0.2, 0.25) is 0 Å². The van der Waals surface area contributed by atoms with E-state index in [4.69, 9.17) is 14.7 Å². The molecule has 0 atom stereocenters. The van der Waals surface area contributed by atoms with E-state index < -0.39 is 0 Å². The molecule has 0 aliphatic carbocycles. The molecule has 4 rings (SSSR count). The molecule has 5 heteroatoms. The first-order chi connectivity index (χ1) is 12.4. The fraction of sp³-hybridized carbons (Fsp3) is 0.100. The molecular weight excluding hydrogens is 348 g/mol. The van der Waals surface area contributed by atoms with Gasteiger partial charge in [0.1, 0.15) is 10.8 Å². The van der Waals surface area contributed by atoms with Crippen LogP contribution >= 0.6 is 23.1 Å². The van der Waals surface area contributed by atoms with Crippen molar-refractivity contribution in [1.82, 2.24) is 9.97 Å². The molecule has 0 spiro atoms. The Bertz CT molecular complexity index is 956. The summed E-state index contributed by atoms with van der Waals surface area (Å²) in [6.07, 6.45) is 0. The molecule has 2 aromatic heterocycles. The van der Waals surface area contributed by atoms with Gasteiger partial charge < -0.3 is 4.74 Å². The molecule has 4 aromatic rings. The smallest absolute Gasteiger partial charge is 0.171 e. The van der Waals surface area contributed by atoms with Crippen molar-refractivity contribution in [2.75, 3.05) is 12.4 Å². The lowest BCUT2D eigenvalue weighted by Crippen LogP contribution is -2.01. The third kappa shape index (κ3) is 3.83. The Morgan fingerprint density at radius 1 is 0.880 bits per heavy atom. The Labute approximate surface area is 154 Å². The molecule has 0 radical (unpaired) electrons. The van der Waals surface area contributed by atoms with E-state index in [0.717, 1.165) is 38.1 Å². The topological polar surface area (TPSA) is 35.0 Å². The van der Waals surface area contributed by atoms with Crippen LogP contribution < -0.4 is 4.74 Å². The number of thiophene rings is 1. The number of fused-ring (bicyclic) bond motifs is 1. The summed E-state index contributed by atoms with van der Waals surface area (Å²) < 4.78 is 5.78. The number of ether oxygens (including phenoxy) is 1. The maximum atomic E-state index is 5.78. The average molecular weight is 364 g/mol. The van der Waals surface area contributed by atoms with Gasteiger partial charge in [0.15, 0.2) is 5.82 Å². The summed E-state index contributed by atoms with van der Waals surface area (Å²) in [6, 6.07) is 22.1. The molecule has 2 aromatic carbocycles. The normalized spacial score (nSPS) is 10.9. The van der Waals surface area contributed by atoms with Crippen LogP contribution in [0.15, 0.2) is 77.1 Å². The predicted molar refractivity (Wildman–Crippen MR) is 106 cm³/mol. The second kappa shape index (κ2) is 7.68. The van der Waals surface area contributed by atoms with Gasteiger partial charge in [0.05, 0.1) is 17.0 Å². The number of nitrogens with zero attached hydrogens (tertiary/aromatic N) is 2. The molecule has 0 aliphatic rings. The van der Waals surface area contributed by atoms with Crippen molar-refractivity contribution >= 4 is 34.0 Å². The van der Waals surface area contributed by atoms with Crippen LogP contribution in [0.4, 0.5) is 0 Å². The molecule has 0 saturated carbocycles. The minimum Gasteiger partial charge on any atom is -0.493 e.